The van der Waals surface area contributed by atoms with Gasteiger partial charge >= 0.3 is 0 Å². The van der Waals surface area contributed by atoms with Gasteiger partial charge in [0.15, 0.2) is 0 Å². The number of aryl methyl sites for hydroxylation is 2. The monoisotopic (exact) mass is 339 g/mol. The van der Waals surface area contributed by atoms with E-state index >= 15 is 0 Å². The van der Waals surface area contributed by atoms with Crippen molar-refractivity contribution in [3.63, 3.8) is 0 Å². The van der Waals surface area contributed by atoms with Crippen LogP contribution in [0.5, 0.6) is 0 Å². The summed E-state index contributed by atoms with van der Waals surface area (Å²) in [5.74, 6) is 0.141. The first-order chi connectivity index (χ1) is 11.6. The van der Waals surface area contributed by atoms with Crippen LogP contribution in [0.1, 0.15) is 11.1 Å². The fraction of sp³-hybridized carbons (Fsp3) is 0.176. The lowest BCUT2D eigenvalue weighted by atomic mass is 10.1. The topological polar surface area (TPSA) is 72.7 Å². The molecule has 1 N–H and O–H groups in total. The standard InChI is InChI=1S/C17H17N5OS/c1-12-7-6-8-13(2)16(12)22-17(19-20-21-22)24-11-15(23)18-14-9-4-3-5-10-14/h3-10H,11H2,1-2H3,(H,18,23). The first-order valence-electron chi connectivity index (χ1n) is 7.48. The molecule has 122 valence electrons. The van der Waals surface area contributed by atoms with Crippen molar-refractivity contribution in [2.24, 2.45) is 0 Å². The van der Waals surface area contributed by atoms with E-state index in [0.29, 0.717) is 5.16 Å². The zero-order valence-electron chi connectivity index (χ0n) is 13.4. The number of amides is 1. The number of nitrogens with zero attached hydrogens (tertiary/aromatic N) is 4. The molecule has 0 bridgehead atoms. The van der Waals surface area contributed by atoms with Crippen LogP contribution in [0.2, 0.25) is 0 Å². The number of benzene rings is 2. The highest BCUT2D eigenvalue weighted by atomic mass is 32.2. The van der Waals surface area contributed by atoms with Gasteiger partial charge in [-0.25, -0.2) is 0 Å². The molecule has 0 saturated carbocycles. The van der Waals surface area contributed by atoms with Crippen LogP contribution in [0.25, 0.3) is 5.69 Å². The van der Waals surface area contributed by atoms with Crippen molar-refractivity contribution in [1.82, 2.24) is 20.2 Å². The van der Waals surface area contributed by atoms with Crippen LogP contribution in [-0.2, 0) is 4.79 Å². The fourth-order valence-electron chi connectivity index (χ4n) is 2.40. The van der Waals surface area contributed by atoms with Crippen molar-refractivity contribution < 1.29 is 4.79 Å². The minimum Gasteiger partial charge on any atom is -0.325 e. The zero-order valence-corrected chi connectivity index (χ0v) is 14.2. The molecule has 1 amide bonds. The summed E-state index contributed by atoms with van der Waals surface area (Å²) in [6.07, 6.45) is 0. The number of rotatable bonds is 5. The van der Waals surface area contributed by atoms with Crippen LogP contribution in [0, 0.1) is 13.8 Å². The molecule has 3 rings (SSSR count). The lowest BCUT2D eigenvalue weighted by Crippen LogP contribution is -2.14. The molecular weight excluding hydrogens is 322 g/mol. The number of nitrogens with one attached hydrogen (secondary N) is 1. The second-order valence-corrected chi connectivity index (χ2v) is 6.26. The molecule has 7 heteroatoms. The van der Waals surface area contributed by atoms with Gasteiger partial charge in [0.05, 0.1) is 11.4 Å². The minimum absolute atomic E-state index is 0.0951. The Morgan fingerprint density at radius 2 is 1.79 bits per heavy atom. The highest BCUT2D eigenvalue weighted by Crippen LogP contribution is 2.23. The Hall–Kier alpha value is -2.67. The molecule has 0 spiro atoms. The van der Waals surface area contributed by atoms with Gasteiger partial charge in [-0.1, -0.05) is 48.2 Å². The van der Waals surface area contributed by atoms with Gasteiger partial charge in [0, 0.05) is 5.69 Å². The lowest BCUT2D eigenvalue weighted by Gasteiger charge is -2.10. The summed E-state index contributed by atoms with van der Waals surface area (Å²) in [6, 6.07) is 15.4. The van der Waals surface area contributed by atoms with Crippen LogP contribution in [-0.4, -0.2) is 31.9 Å². The number of para-hydroxylation sites is 2. The number of thioether (sulfide) groups is 1. The molecule has 0 fully saturated rings. The number of carbonyl (C=O) groups excluding carboxylic acids is 1. The minimum atomic E-state index is -0.0951. The molecule has 24 heavy (non-hydrogen) atoms. The van der Waals surface area contributed by atoms with Crippen molar-refractivity contribution in [3.8, 4) is 5.69 Å². The van der Waals surface area contributed by atoms with E-state index < -0.39 is 0 Å². The van der Waals surface area contributed by atoms with Crippen LogP contribution in [0.15, 0.2) is 53.7 Å². The van der Waals surface area contributed by atoms with E-state index in [0.717, 1.165) is 22.5 Å². The maximum atomic E-state index is 12.1. The van der Waals surface area contributed by atoms with Crippen molar-refractivity contribution in [1.29, 1.82) is 0 Å². The number of tetrazole rings is 1. The van der Waals surface area contributed by atoms with E-state index in [4.69, 9.17) is 0 Å². The molecule has 3 aromatic rings. The van der Waals surface area contributed by atoms with Gasteiger partial charge in [-0.3, -0.25) is 4.79 Å². The van der Waals surface area contributed by atoms with E-state index in [9.17, 15) is 4.79 Å². The van der Waals surface area contributed by atoms with Crippen LogP contribution in [0.4, 0.5) is 5.69 Å². The summed E-state index contributed by atoms with van der Waals surface area (Å²) in [6.45, 7) is 4.03. The van der Waals surface area contributed by atoms with Gasteiger partial charge in [0.2, 0.25) is 11.1 Å². The maximum absolute atomic E-state index is 12.1. The summed E-state index contributed by atoms with van der Waals surface area (Å²) in [5, 5.41) is 15.3. The Morgan fingerprint density at radius 1 is 1.08 bits per heavy atom. The average molecular weight is 339 g/mol. The summed E-state index contributed by atoms with van der Waals surface area (Å²) < 4.78 is 1.69. The third kappa shape index (κ3) is 3.62. The summed E-state index contributed by atoms with van der Waals surface area (Å²) >= 11 is 1.31. The van der Waals surface area contributed by atoms with Crippen LogP contribution >= 0.6 is 11.8 Å². The predicted octanol–water partition coefficient (Wildman–Crippen LogP) is 3.01. The molecule has 0 aliphatic carbocycles. The molecule has 0 aliphatic heterocycles. The smallest absolute Gasteiger partial charge is 0.234 e. The normalized spacial score (nSPS) is 10.6. The van der Waals surface area contributed by atoms with E-state index in [-0.39, 0.29) is 11.7 Å². The molecular formula is C17H17N5OS. The largest absolute Gasteiger partial charge is 0.325 e. The van der Waals surface area contributed by atoms with Crippen LogP contribution in [0.3, 0.4) is 0 Å². The van der Waals surface area contributed by atoms with Gasteiger partial charge in [-0.05, 0) is 47.5 Å². The predicted molar refractivity (Wildman–Crippen MR) is 94.4 cm³/mol. The molecule has 0 saturated heterocycles. The van der Waals surface area contributed by atoms with Gasteiger partial charge in [-0.15, -0.1) is 5.10 Å². The molecule has 1 heterocycles. The third-order valence-corrected chi connectivity index (χ3v) is 4.40. The van der Waals surface area contributed by atoms with Crippen molar-refractivity contribution in [2.75, 3.05) is 11.1 Å². The number of hydrogen-bond donors (Lipinski definition) is 1. The molecule has 6 nitrogen and oxygen atoms in total. The van der Waals surface area contributed by atoms with Crippen molar-refractivity contribution in [3.05, 3.63) is 59.7 Å². The molecule has 0 aliphatic rings. The highest BCUT2D eigenvalue weighted by molar-refractivity contribution is 7.99. The molecule has 0 atom stereocenters. The first-order valence-corrected chi connectivity index (χ1v) is 8.46. The van der Waals surface area contributed by atoms with E-state index in [1.807, 2.05) is 62.4 Å². The van der Waals surface area contributed by atoms with Crippen molar-refractivity contribution >= 4 is 23.4 Å². The van der Waals surface area contributed by atoms with Gasteiger partial charge in [0.1, 0.15) is 0 Å². The Kier molecular flexibility index (Phi) is 4.90. The third-order valence-electron chi connectivity index (χ3n) is 3.48. The second-order valence-electron chi connectivity index (χ2n) is 5.32. The highest BCUT2D eigenvalue weighted by Gasteiger charge is 2.14. The molecule has 0 unspecified atom stereocenters. The van der Waals surface area contributed by atoms with E-state index in [1.54, 1.807) is 4.68 Å². The molecule has 1 aromatic heterocycles. The van der Waals surface area contributed by atoms with Gasteiger partial charge in [-0.2, -0.15) is 4.68 Å². The number of aromatic nitrogens is 4. The summed E-state index contributed by atoms with van der Waals surface area (Å²) in [4.78, 5) is 12.1. The quantitative estimate of drug-likeness (QED) is 0.724. The first kappa shape index (κ1) is 16.2. The second kappa shape index (κ2) is 7.27. The summed E-state index contributed by atoms with van der Waals surface area (Å²) in [5.41, 5.74) is 3.89. The van der Waals surface area contributed by atoms with Crippen molar-refractivity contribution in [2.45, 2.75) is 19.0 Å². The number of anilines is 1. The Labute approximate surface area is 144 Å². The molecule has 2 aromatic carbocycles. The van der Waals surface area contributed by atoms with Gasteiger partial charge in [0.25, 0.3) is 0 Å². The number of hydrogen-bond acceptors (Lipinski definition) is 5. The maximum Gasteiger partial charge on any atom is 0.234 e. The average Bonchev–Trinajstić information content (AvgIpc) is 3.02. The zero-order chi connectivity index (χ0) is 16.9. The van der Waals surface area contributed by atoms with E-state index in [1.165, 1.54) is 11.8 Å². The fourth-order valence-corrected chi connectivity index (χ4v) is 3.07. The van der Waals surface area contributed by atoms with E-state index in [2.05, 4.69) is 20.8 Å². The Balaban J connectivity index is 1.71. The Bertz CT molecular complexity index is 827. The lowest BCUT2D eigenvalue weighted by molar-refractivity contribution is -0.113. The van der Waals surface area contributed by atoms with Crippen LogP contribution < -0.4 is 5.32 Å². The van der Waals surface area contributed by atoms with Gasteiger partial charge < -0.3 is 5.32 Å². The Morgan fingerprint density at radius 3 is 2.50 bits per heavy atom. The molecule has 0 radical (unpaired) electrons. The number of carbonyl (C=O) groups is 1. The SMILES string of the molecule is Cc1cccc(C)c1-n1nnnc1SCC(=O)Nc1ccccc1. The summed E-state index contributed by atoms with van der Waals surface area (Å²) in [7, 11) is 0.